The van der Waals surface area contributed by atoms with Crippen LogP contribution in [0.3, 0.4) is 0 Å². The third-order valence-corrected chi connectivity index (χ3v) is 3.57. The summed E-state index contributed by atoms with van der Waals surface area (Å²) in [7, 11) is 0. The summed E-state index contributed by atoms with van der Waals surface area (Å²) in [6.45, 7) is 1.28. The van der Waals surface area contributed by atoms with Gasteiger partial charge in [0.1, 0.15) is 24.4 Å². The van der Waals surface area contributed by atoms with Crippen molar-refractivity contribution in [3.63, 3.8) is 0 Å². The van der Waals surface area contributed by atoms with Crippen molar-refractivity contribution in [1.29, 1.82) is 0 Å². The van der Waals surface area contributed by atoms with Gasteiger partial charge in [-0.05, 0) is 13.0 Å². The molecule has 2 heterocycles. The summed E-state index contributed by atoms with van der Waals surface area (Å²) >= 11 is 0. The van der Waals surface area contributed by atoms with Crippen LogP contribution in [0, 0.1) is 0 Å². The molecule has 0 unspecified atom stereocenters. The van der Waals surface area contributed by atoms with Crippen LogP contribution >= 0.6 is 0 Å². The molecule has 0 radical (unpaired) electrons. The topological polar surface area (TPSA) is 171 Å². The van der Waals surface area contributed by atoms with E-state index in [-0.39, 0.29) is 0 Å². The molecule has 2 rings (SSSR count). The molecular weight excluding hydrogens is 338 g/mol. The van der Waals surface area contributed by atoms with Crippen molar-refractivity contribution >= 4 is 11.9 Å². The SMILES string of the molecule is C[C@H](NC(=O)/C=C/[C@H]1O[C@@H](n2ccc(=O)[nH]c2=O)[C@H](O)[C@@H]1O)C(=O)O. The van der Waals surface area contributed by atoms with Gasteiger partial charge in [-0.25, -0.2) is 4.79 Å². The number of hydrogen-bond acceptors (Lipinski definition) is 7. The van der Waals surface area contributed by atoms with E-state index in [1.165, 1.54) is 6.92 Å². The first-order chi connectivity index (χ1) is 11.7. The summed E-state index contributed by atoms with van der Waals surface area (Å²) < 4.78 is 6.25. The number of hydrogen-bond donors (Lipinski definition) is 5. The number of aliphatic hydroxyl groups is 2. The zero-order valence-corrected chi connectivity index (χ0v) is 13.0. The van der Waals surface area contributed by atoms with Crippen molar-refractivity contribution in [3.05, 3.63) is 45.3 Å². The van der Waals surface area contributed by atoms with Gasteiger partial charge in [-0.1, -0.05) is 0 Å². The highest BCUT2D eigenvalue weighted by atomic mass is 16.6. The minimum absolute atomic E-state index is 0.630. The first-order valence-electron chi connectivity index (χ1n) is 7.25. The Labute approximate surface area is 140 Å². The average molecular weight is 355 g/mol. The van der Waals surface area contributed by atoms with Crippen LogP contribution in [0.15, 0.2) is 34.0 Å². The lowest BCUT2D eigenvalue weighted by Gasteiger charge is -2.16. The largest absolute Gasteiger partial charge is 0.480 e. The predicted molar refractivity (Wildman–Crippen MR) is 81.6 cm³/mol. The molecule has 11 heteroatoms. The van der Waals surface area contributed by atoms with E-state index in [2.05, 4.69) is 5.32 Å². The number of aliphatic hydroxyl groups excluding tert-OH is 2. The zero-order valence-electron chi connectivity index (χ0n) is 13.0. The normalized spacial score (nSPS) is 27.3. The van der Waals surface area contributed by atoms with E-state index in [0.29, 0.717) is 0 Å². The number of ether oxygens (including phenoxy) is 1. The molecule has 5 atom stereocenters. The van der Waals surface area contributed by atoms with Gasteiger partial charge in [-0.15, -0.1) is 0 Å². The third-order valence-electron chi connectivity index (χ3n) is 3.57. The maximum absolute atomic E-state index is 11.7. The number of nitrogens with zero attached hydrogens (tertiary/aromatic N) is 1. The summed E-state index contributed by atoms with van der Waals surface area (Å²) in [5, 5.41) is 30.9. The lowest BCUT2D eigenvalue weighted by atomic mass is 10.1. The number of nitrogens with one attached hydrogen (secondary N) is 2. The molecule has 25 heavy (non-hydrogen) atoms. The number of carboxylic acids is 1. The fourth-order valence-electron chi connectivity index (χ4n) is 2.21. The molecule has 0 spiro atoms. The van der Waals surface area contributed by atoms with Crippen molar-refractivity contribution in [2.75, 3.05) is 0 Å². The smallest absolute Gasteiger partial charge is 0.330 e. The Bertz CT molecular complexity index is 798. The number of aromatic amines is 1. The van der Waals surface area contributed by atoms with Crippen LogP contribution in [0.1, 0.15) is 13.2 Å². The van der Waals surface area contributed by atoms with Crippen LogP contribution in [0.25, 0.3) is 0 Å². The third kappa shape index (κ3) is 4.21. The molecule has 1 aliphatic rings. The van der Waals surface area contributed by atoms with Crippen LogP contribution in [0.5, 0.6) is 0 Å². The number of aromatic nitrogens is 2. The quantitative estimate of drug-likeness (QED) is 0.355. The van der Waals surface area contributed by atoms with E-state index in [1.54, 1.807) is 0 Å². The predicted octanol–water partition coefficient (Wildman–Crippen LogP) is -2.70. The number of carbonyl (C=O) groups excluding carboxylic acids is 1. The second kappa shape index (κ2) is 7.42. The number of H-pyrrole nitrogens is 1. The van der Waals surface area contributed by atoms with E-state index in [0.717, 1.165) is 29.0 Å². The van der Waals surface area contributed by atoms with Gasteiger partial charge in [0.15, 0.2) is 6.23 Å². The summed E-state index contributed by atoms with van der Waals surface area (Å²) in [5.41, 5.74) is -1.46. The van der Waals surface area contributed by atoms with Gasteiger partial charge in [0.05, 0.1) is 0 Å². The van der Waals surface area contributed by atoms with Gasteiger partial charge in [0, 0.05) is 18.3 Å². The lowest BCUT2D eigenvalue weighted by Crippen LogP contribution is -2.38. The van der Waals surface area contributed by atoms with E-state index in [9.17, 15) is 29.4 Å². The van der Waals surface area contributed by atoms with Crippen LogP contribution in [-0.2, 0) is 14.3 Å². The van der Waals surface area contributed by atoms with Crippen molar-refractivity contribution in [3.8, 4) is 0 Å². The zero-order chi connectivity index (χ0) is 18.7. The molecule has 1 saturated heterocycles. The summed E-state index contributed by atoms with van der Waals surface area (Å²) in [6, 6.07) is -0.0575. The molecule has 1 amide bonds. The van der Waals surface area contributed by atoms with Crippen LogP contribution in [-0.4, -0.2) is 61.1 Å². The van der Waals surface area contributed by atoms with Crippen LogP contribution in [0.4, 0.5) is 0 Å². The van der Waals surface area contributed by atoms with E-state index in [1.807, 2.05) is 4.98 Å². The van der Waals surface area contributed by atoms with Crippen molar-refractivity contribution in [1.82, 2.24) is 14.9 Å². The summed E-state index contributed by atoms with van der Waals surface area (Å²) in [5.74, 6) is -1.95. The lowest BCUT2D eigenvalue weighted by molar-refractivity contribution is -0.140. The molecule has 1 fully saturated rings. The van der Waals surface area contributed by atoms with Gasteiger partial charge in [0.2, 0.25) is 5.91 Å². The maximum atomic E-state index is 11.7. The van der Waals surface area contributed by atoms with Crippen molar-refractivity contribution in [2.45, 2.75) is 37.5 Å². The fourth-order valence-corrected chi connectivity index (χ4v) is 2.21. The number of amides is 1. The Morgan fingerprint density at radius 3 is 2.64 bits per heavy atom. The molecule has 136 valence electrons. The second-order valence-corrected chi connectivity index (χ2v) is 5.42. The first kappa shape index (κ1) is 18.6. The Hall–Kier alpha value is -2.76. The number of carboxylic acid groups (broad SMARTS) is 1. The minimum atomic E-state index is -1.49. The highest BCUT2D eigenvalue weighted by molar-refractivity contribution is 5.90. The molecule has 5 N–H and O–H groups in total. The van der Waals surface area contributed by atoms with Crippen molar-refractivity contribution in [2.24, 2.45) is 0 Å². The maximum Gasteiger partial charge on any atom is 0.330 e. The van der Waals surface area contributed by atoms with E-state index < -0.39 is 53.7 Å². The summed E-state index contributed by atoms with van der Waals surface area (Å²) in [6.07, 6.45) is -2.12. The number of rotatable bonds is 5. The van der Waals surface area contributed by atoms with Gasteiger partial charge < -0.3 is 25.4 Å². The Morgan fingerprint density at radius 1 is 1.36 bits per heavy atom. The van der Waals surface area contributed by atoms with Gasteiger partial charge >= 0.3 is 11.7 Å². The van der Waals surface area contributed by atoms with E-state index >= 15 is 0 Å². The minimum Gasteiger partial charge on any atom is -0.480 e. The molecule has 11 nitrogen and oxygen atoms in total. The van der Waals surface area contributed by atoms with Gasteiger partial charge in [0.25, 0.3) is 5.56 Å². The van der Waals surface area contributed by atoms with Gasteiger partial charge in [-0.2, -0.15) is 0 Å². The number of carbonyl (C=O) groups is 2. The van der Waals surface area contributed by atoms with Crippen LogP contribution in [0.2, 0.25) is 0 Å². The molecule has 1 aliphatic heterocycles. The second-order valence-electron chi connectivity index (χ2n) is 5.42. The molecule has 0 aromatic carbocycles. The molecule has 1 aromatic heterocycles. The summed E-state index contributed by atoms with van der Waals surface area (Å²) in [4.78, 5) is 47.0. The Morgan fingerprint density at radius 2 is 2.04 bits per heavy atom. The molecule has 0 saturated carbocycles. The fraction of sp³-hybridized carbons (Fsp3) is 0.429. The Balaban J connectivity index is 2.10. The number of aliphatic carboxylic acids is 1. The highest BCUT2D eigenvalue weighted by Crippen LogP contribution is 2.28. The molecular formula is C14H17N3O8. The molecule has 0 bridgehead atoms. The standard InChI is InChI=1S/C14H17N3O8/c1-6(13(22)23)15-8(18)3-2-7-10(20)11(21)12(25-7)17-5-4-9(19)16-14(17)24/h2-7,10-12,20-21H,1H3,(H,15,18)(H,22,23)(H,16,19,24)/b3-2+/t6-,7+,10+,11+,12+/m0/s1. The average Bonchev–Trinajstić information content (AvgIpc) is 2.81. The highest BCUT2D eigenvalue weighted by Gasteiger charge is 2.43. The van der Waals surface area contributed by atoms with Crippen LogP contribution < -0.4 is 16.6 Å². The van der Waals surface area contributed by atoms with Crippen molar-refractivity contribution < 1.29 is 29.6 Å². The molecule has 1 aromatic rings. The Kier molecular flexibility index (Phi) is 5.51. The monoisotopic (exact) mass is 355 g/mol. The molecule has 0 aliphatic carbocycles. The van der Waals surface area contributed by atoms with E-state index in [4.69, 9.17) is 9.84 Å². The first-order valence-corrected chi connectivity index (χ1v) is 7.25. The van der Waals surface area contributed by atoms with Gasteiger partial charge in [-0.3, -0.25) is 23.9 Å².